The molecule has 4 aromatic rings. The summed E-state index contributed by atoms with van der Waals surface area (Å²) in [5, 5.41) is 0. The van der Waals surface area contributed by atoms with E-state index in [1.54, 1.807) is 19.5 Å². The third kappa shape index (κ3) is 3.59. The standard InChI is InChI=1S/C22H24N6O/c1-29-15-21-26-19-3-2-8-25-22(19)28(21)17-6-11-27(12-7-17)14-16-4-5-18-20(13-16)24-10-9-23-18/h2-5,8-10,13,17H,6-7,11-12,14-15H2,1H3. The van der Waals surface area contributed by atoms with Gasteiger partial charge in [-0.05, 0) is 42.7 Å². The molecule has 7 nitrogen and oxygen atoms in total. The molecule has 0 amide bonds. The molecule has 7 heteroatoms. The Hall–Kier alpha value is -2.90. The molecule has 3 aromatic heterocycles. The molecule has 1 fully saturated rings. The second-order valence-electron chi connectivity index (χ2n) is 7.56. The zero-order chi connectivity index (χ0) is 19.6. The van der Waals surface area contributed by atoms with E-state index < -0.39 is 0 Å². The molecule has 0 unspecified atom stereocenters. The summed E-state index contributed by atoms with van der Waals surface area (Å²) in [6.45, 7) is 3.53. The lowest BCUT2D eigenvalue weighted by molar-refractivity contribution is 0.156. The average molecular weight is 388 g/mol. The van der Waals surface area contributed by atoms with Gasteiger partial charge in [-0.25, -0.2) is 9.97 Å². The Kier molecular flexibility index (Phi) is 4.91. The van der Waals surface area contributed by atoms with Crippen molar-refractivity contribution in [2.24, 2.45) is 0 Å². The van der Waals surface area contributed by atoms with Crippen molar-refractivity contribution in [1.82, 2.24) is 29.4 Å². The van der Waals surface area contributed by atoms with Crippen molar-refractivity contribution in [3.63, 3.8) is 0 Å². The highest BCUT2D eigenvalue weighted by molar-refractivity contribution is 5.74. The summed E-state index contributed by atoms with van der Waals surface area (Å²) in [5.74, 6) is 0.966. The molecule has 0 radical (unpaired) electrons. The third-order valence-electron chi connectivity index (χ3n) is 5.66. The largest absolute Gasteiger partial charge is 0.377 e. The highest BCUT2D eigenvalue weighted by atomic mass is 16.5. The van der Waals surface area contributed by atoms with E-state index in [4.69, 9.17) is 9.72 Å². The number of ether oxygens (including phenoxy) is 1. The van der Waals surface area contributed by atoms with Gasteiger partial charge in [-0.3, -0.25) is 14.9 Å². The third-order valence-corrected chi connectivity index (χ3v) is 5.66. The number of methoxy groups -OCH3 is 1. The van der Waals surface area contributed by atoms with Crippen LogP contribution in [0.5, 0.6) is 0 Å². The molecule has 1 aliphatic heterocycles. The summed E-state index contributed by atoms with van der Waals surface area (Å²) in [6, 6.07) is 10.7. The maximum absolute atomic E-state index is 5.39. The Bertz CT molecular complexity index is 1130. The van der Waals surface area contributed by atoms with E-state index in [0.717, 1.165) is 60.5 Å². The zero-order valence-electron chi connectivity index (χ0n) is 16.5. The van der Waals surface area contributed by atoms with E-state index in [1.807, 2.05) is 18.3 Å². The second kappa shape index (κ2) is 7.85. The van der Waals surface area contributed by atoms with E-state index in [9.17, 15) is 0 Å². The van der Waals surface area contributed by atoms with Crippen LogP contribution in [-0.4, -0.2) is 49.6 Å². The Morgan fingerprint density at radius 2 is 1.79 bits per heavy atom. The van der Waals surface area contributed by atoms with Crippen LogP contribution in [0.3, 0.4) is 0 Å². The maximum Gasteiger partial charge on any atom is 0.160 e. The van der Waals surface area contributed by atoms with E-state index >= 15 is 0 Å². The summed E-state index contributed by atoms with van der Waals surface area (Å²) in [6.07, 6.45) is 7.48. The quantitative estimate of drug-likeness (QED) is 0.522. The molecule has 0 aliphatic carbocycles. The molecular weight excluding hydrogens is 364 g/mol. The van der Waals surface area contributed by atoms with Crippen LogP contribution in [0, 0.1) is 0 Å². The summed E-state index contributed by atoms with van der Waals surface area (Å²) in [5.41, 5.74) is 5.09. The minimum atomic E-state index is 0.402. The van der Waals surface area contributed by atoms with Gasteiger partial charge in [0.15, 0.2) is 5.65 Å². The van der Waals surface area contributed by atoms with Gasteiger partial charge in [0.2, 0.25) is 0 Å². The Morgan fingerprint density at radius 1 is 0.966 bits per heavy atom. The normalized spacial score (nSPS) is 16.0. The van der Waals surface area contributed by atoms with Gasteiger partial charge < -0.3 is 9.30 Å². The zero-order valence-corrected chi connectivity index (χ0v) is 16.5. The summed E-state index contributed by atoms with van der Waals surface area (Å²) in [4.78, 5) is 20.6. The van der Waals surface area contributed by atoms with Crippen LogP contribution in [-0.2, 0) is 17.9 Å². The van der Waals surface area contributed by atoms with Crippen LogP contribution < -0.4 is 0 Å². The van der Waals surface area contributed by atoms with Gasteiger partial charge in [-0.2, -0.15) is 0 Å². The number of pyridine rings is 1. The molecule has 4 heterocycles. The first-order valence-electron chi connectivity index (χ1n) is 10.0. The van der Waals surface area contributed by atoms with Crippen molar-refractivity contribution in [3.05, 3.63) is 60.3 Å². The Labute approximate surface area is 169 Å². The molecule has 0 atom stereocenters. The number of aromatic nitrogens is 5. The number of likely N-dealkylation sites (tertiary alicyclic amines) is 1. The molecule has 1 aliphatic rings. The molecule has 0 bridgehead atoms. The van der Waals surface area contributed by atoms with E-state index in [2.05, 4.69) is 42.6 Å². The van der Waals surface area contributed by atoms with Crippen LogP contribution in [0.2, 0.25) is 0 Å². The fraction of sp³-hybridized carbons (Fsp3) is 0.364. The lowest BCUT2D eigenvalue weighted by Gasteiger charge is -2.33. The smallest absolute Gasteiger partial charge is 0.160 e. The van der Waals surface area contributed by atoms with Gasteiger partial charge in [0, 0.05) is 51.4 Å². The van der Waals surface area contributed by atoms with Crippen molar-refractivity contribution in [2.75, 3.05) is 20.2 Å². The molecule has 5 rings (SSSR count). The first-order valence-corrected chi connectivity index (χ1v) is 10.0. The highest BCUT2D eigenvalue weighted by Crippen LogP contribution is 2.29. The molecule has 29 heavy (non-hydrogen) atoms. The summed E-state index contributed by atoms with van der Waals surface area (Å²) >= 11 is 0. The van der Waals surface area contributed by atoms with Crippen LogP contribution in [0.1, 0.15) is 30.3 Å². The van der Waals surface area contributed by atoms with Crippen molar-refractivity contribution in [2.45, 2.75) is 32.0 Å². The molecule has 0 N–H and O–H groups in total. The van der Waals surface area contributed by atoms with Gasteiger partial charge >= 0.3 is 0 Å². The molecule has 1 aromatic carbocycles. The van der Waals surface area contributed by atoms with Gasteiger partial charge in [0.05, 0.1) is 11.0 Å². The Balaban J connectivity index is 1.31. The fourth-order valence-corrected chi connectivity index (χ4v) is 4.29. The molecular formula is C22H24N6O. The number of benzene rings is 1. The van der Waals surface area contributed by atoms with Crippen LogP contribution >= 0.6 is 0 Å². The lowest BCUT2D eigenvalue weighted by Crippen LogP contribution is -2.34. The van der Waals surface area contributed by atoms with Gasteiger partial charge in [-0.1, -0.05) is 6.07 Å². The maximum atomic E-state index is 5.39. The number of piperidine rings is 1. The summed E-state index contributed by atoms with van der Waals surface area (Å²) < 4.78 is 7.69. The van der Waals surface area contributed by atoms with Crippen LogP contribution in [0.4, 0.5) is 0 Å². The number of hydrogen-bond acceptors (Lipinski definition) is 6. The van der Waals surface area contributed by atoms with Gasteiger partial charge in [0.25, 0.3) is 0 Å². The highest BCUT2D eigenvalue weighted by Gasteiger charge is 2.25. The first-order chi connectivity index (χ1) is 14.3. The van der Waals surface area contributed by atoms with Crippen molar-refractivity contribution < 1.29 is 4.74 Å². The SMILES string of the molecule is COCc1nc2cccnc2n1C1CCN(Cc2ccc3nccnc3c2)CC1. The molecule has 0 spiro atoms. The number of fused-ring (bicyclic) bond motifs is 2. The molecule has 148 valence electrons. The number of rotatable bonds is 5. The van der Waals surface area contributed by atoms with Crippen molar-refractivity contribution >= 4 is 22.2 Å². The average Bonchev–Trinajstić information content (AvgIpc) is 3.12. The summed E-state index contributed by atoms with van der Waals surface area (Å²) in [7, 11) is 1.72. The number of nitrogens with zero attached hydrogens (tertiary/aromatic N) is 6. The monoisotopic (exact) mass is 388 g/mol. The Morgan fingerprint density at radius 3 is 2.62 bits per heavy atom. The van der Waals surface area contributed by atoms with Crippen LogP contribution in [0.25, 0.3) is 22.2 Å². The predicted molar refractivity (Wildman–Crippen MR) is 111 cm³/mol. The van der Waals surface area contributed by atoms with Gasteiger partial charge in [0.1, 0.15) is 17.9 Å². The van der Waals surface area contributed by atoms with E-state index in [1.165, 1.54) is 5.56 Å². The van der Waals surface area contributed by atoms with E-state index in [-0.39, 0.29) is 0 Å². The fourth-order valence-electron chi connectivity index (χ4n) is 4.29. The second-order valence-corrected chi connectivity index (χ2v) is 7.56. The molecule has 0 saturated carbocycles. The van der Waals surface area contributed by atoms with Crippen molar-refractivity contribution in [1.29, 1.82) is 0 Å². The minimum Gasteiger partial charge on any atom is -0.377 e. The number of hydrogen-bond donors (Lipinski definition) is 0. The number of imidazole rings is 1. The topological polar surface area (TPSA) is 69.0 Å². The van der Waals surface area contributed by atoms with E-state index in [0.29, 0.717) is 12.6 Å². The van der Waals surface area contributed by atoms with Crippen molar-refractivity contribution in [3.8, 4) is 0 Å². The lowest BCUT2D eigenvalue weighted by atomic mass is 10.0. The molecule has 1 saturated heterocycles. The van der Waals surface area contributed by atoms with Crippen LogP contribution in [0.15, 0.2) is 48.9 Å². The van der Waals surface area contributed by atoms with Gasteiger partial charge in [-0.15, -0.1) is 0 Å². The first kappa shape index (κ1) is 18.1. The minimum absolute atomic E-state index is 0.402. The predicted octanol–water partition coefficient (Wildman–Crippen LogP) is 3.36.